The molecule has 1 heterocycles. The lowest BCUT2D eigenvalue weighted by molar-refractivity contribution is -0.119. The maximum atomic E-state index is 13.5. The summed E-state index contributed by atoms with van der Waals surface area (Å²) < 4.78 is 28.2. The second-order valence-electron chi connectivity index (χ2n) is 9.81. The van der Waals surface area contributed by atoms with Gasteiger partial charge in [-0.3, -0.25) is 9.10 Å². The van der Waals surface area contributed by atoms with Crippen LogP contribution < -0.4 is 14.5 Å². The molecular weight excluding hydrogens is 470 g/mol. The van der Waals surface area contributed by atoms with Crippen molar-refractivity contribution < 1.29 is 13.2 Å². The number of nitrogens with zero attached hydrogens (tertiary/aromatic N) is 2. The lowest BCUT2D eigenvalue weighted by Gasteiger charge is -2.32. The topological polar surface area (TPSA) is 69.7 Å². The molecule has 4 rings (SSSR count). The lowest BCUT2D eigenvalue weighted by atomic mass is 9.99. The Morgan fingerprint density at radius 1 is 1.00 bits per heavy atom. The second-order valence-corrected chi connectivity index (χ2v) is 11.7. The number of hydrogen-bond donors (Lipinski definition) is 1. The van der Waals surface area contributed by atoms with Crippen LogP contribution in [0.4, 0.5) is 11.4 Å². The molecule has 36 heavy (non-hydrogen) atoms. The van der Waals surface area contributed by atoms with Crippen LogP contribution in [0.5, 0.6) is 0 Å². The number of carbonyl (C=O) groups excluding carboxylic acids is 1. The van der Waals surface area contributed by atoms with E-state index in [-0.39, 0.29) is 17.3 Å². The van der Waals surface area contributed by atoms with Crippen LogP contribution >= 0.6 is 0 Å². The van der Waals surface area contributed by atoms with Crippen LogP contribution in [0.25, 0.3) is 0 Å². The zero-order valence-corrected chi connectivity index (χ0v) is 22.1. The Hall–Kier alpha value is -3.32. The molecule has 1 aliphatic rings. The molecule has 3 aromatic carbocycles. The van der Waals surface area contributed by atoms with E-state index >= 15 is 0 Å². The van der Waals surface area contributed by atoms with E-state index in [4.69, 9.17) is 0 Å². The summed E-state index contributed by atoms with van der Waals surface area (Å²) in [5, 5.41) is 2.90. The largest absolute Gasteiger partial charge is 0.371 e. The number of benzene rings is 3. The Morgan fingerprint density at radius 3 is 2.31 bits per heavy atom. The van der Waals surface area contributed by atoms with Crippen LogP contribution in [-0.2, 0) is 21.4 Å². The summed E-state index contributed by atoms with van der Waals surface area (Å²) in [6.07, 6.45) is 2.49. The quantitative estimate of drug-likeness (QED) is 0.465. The van der Waals surface area contributed by atoms with E-state index in [9.17, 15) is 13.2 Å². The van der Waals surface area contributed by atoms with Crippen molar-refractivity contribution in [2.75, 3.05) is 28.8 Å². The third kappa shape index (κ3) is 6.26. The number of aryl methyl sites for hydroxylation is 2. The van der Waals surface area contributed by atoms with Gasteiger partial charge in [-0.15, -0.1) is 0 Å². The van der Waals surface area contributed by atoms with Crippen molar-refractivity contribution in [1.29, 1.82) is 0 Å². The predicted octanol–water partition coefficient (Wildman–Crippen LogP) is 5.05. The molecular formula is C29H35N3O3S. The van der Waals surface area contributed by atoms with E-state index in [0.717, 1.165) is 29.8 Å². The molecule has 1 unspecified atom stereocenters. The minimum absolute atomic E-state index is 0.152. The van der Waals surface area contributed by atoms with Gasteiger partial charge < -0.3 is 10.2 Å². The molecule has 1 saturated heterocycles. The number of piperidine rings is 1. The Morgan fingerprint density at radius 2 is 1.67 bits per heavy atom. The molecule has 0 aromatic heterocycles. The van der Waals surface area contributed by atoms with Gasteiger partial charge in [0.2, 0.25) is 5.91 Å². The summed E-state index contributed by atoms with van der Waals surface area (Å²) in [6, 6.07) is 22.0. The van der Waals surface area contributed by atoms with Crippen LogP contribution in [0.2, 0.25) is 0 Å². The molecule has 0 spiro atoms. The third-order valence-electron chi connectivity index (χ3n) is 6.56. The van der Waals surface area contributed by atoms with Crippen molar-refractivity contribution in [3.05, 3.63) is 89.5 Å². The van der Waals surface area contributed by atoms with Crippen LogP contribution in [0.1, 0.15) is 36.5 Å². The summed E-state index contributed by atoms with van der Waals surface area (Å²) in [5.41, 5.74) is 4.52. The Balaban J connectivity index is 1.47. The number of anilines is 2. The Bertz CT molecular complexity index is 1270. The van der Waals surface area contributed by atoms with Crippen molar-refractivity contribution >= 4 is 27.3 Å². The van der Waals surface area contributed by atoms with E-state index in [0.29, 0.717) is 18.2 Å². The van der Waals surface area contributed by atoms with E-state index in [2.05, 4.69) is 29.3 Å². The van der Waals surface area contributed by atoms with E-state index in [1.165, 1.54) is 22.8 Å². The molecule has 1 aliphatic heterocycles. The van der Waals surface area contributed by atoms with Gasteiger partial charge in [0.05, 0.1) is 10.6 Å². The summed E-state index contributed by atoms with van der Waals surface area (Å²) in [5.74, 6) is 0.340. The average molecular weight is 506 g/mol. The molecule has 190 valence electrons. The molecule has 1 amide bonds. The monoisotopic (exact) mass is 505 g/mol. The average Bonchev–Trinajstić information content (AvgIpc) is 2.86. The van der Waals surface area contributed by atoms with Gasteiger partial charge in [-0.25, -0.2) is 8.42 Å². The molecule has 0 radical (unpaired) electrons. The lowest BCUT2D eigenvalue weighted by Crippen LogP contribution is -2.40. The highest BCUT2D eigenvalue weighted by molar-refractivity contribution is 7.92. The first-order chi connectivity index (χ1) is 17.2. The van der Waals surface area contributed by atoms with Gasteiger partial charge in [-0.2, -0.15) is 0 Å². The number of hydrogen-bond acceptors (Lipinski definition) is 4. The number of amides is 1. The van der Waals surface area contributed by atoms with Gasteiger partial charge in [0.1, 0.15) is 6.54 Å². The maximum Gasteiger partial charge on any atom is 0.264 e. The fraction of sp³-hybridized carbons (Fsp3) is 0.345. The molecule has 1 N–H and O–H groups in total. The Kier molecular flexibility index (Phi) is 7.99. The summed E-state index contributed by atoms with van der Waals surface area (Å²) in [4.78, 5) is 15.5. The van der Waals surface area contributed by atoms with Crippen molar-refractivity contribution in [3.8, 4) is 0 Å². The van der Waals surface area contributed by atoms with Crippen LogP contribution in [0, 0.1) is 19.8 Å². The first-order valence-corrected chi connectivity index (χ1v) is 13.9. The number of sulfonamides is 1. The van der Waals surface area contributed by atoms with E-state index in [1.807, 2.05) is 32.0 Å². The number of carbonyl (C=O) groups is 1. The van der Waals surface area contributed by atoms with Gasteiger partial charge in [0, 0.05) is 25.3 Å². The van der Waals surface area contributed by atoms with Crippen LogP contribution in [0.3, 0.4) is 0 Å². The highest BCUT2D eigenvalue weighted by atomic mass is 32.2. The predicted molar refractivity (Wildman–Crippen MR) is 146 cm³/mol. The zero-order chi connectivity index (χ0) is 25.7. The van der Waals surface area contributed by atoms with E-state index in [1.54, 1.807) is 42.5 Å². The third-order valence-corrected chi connectivity index (χ3v) is 8.35. The first-order valence-electron chi connectivity index (χ1n) is 12.5. The number of nitrogens with one attached hydrogen (secondary N) is 1. The molecule has 0 aliphatic carbocycles. The minimum atomic E-state index is -3.92. The van der Waals surface area contributed by atoms with Crippen molar-refractivity contribution in [2.24, 2.45) is 5.92 Å². The van der Waals surface area contributed by atoms with Gasteiger partial charge >= 0.3 is 0 Å². The fourth-order valence-electron chi connectivity index (χ4n) is 4.76. The second kappa shape index (κ2) is 11.2. The standard InChI is InChI=1S/C29H35N3O3S/c1-22-8-7-15-31(20-22)26-13-11-25(12-14-26)19-30-29(33)21-32(27-17-23(2)16-24(3)18-27)36(34,35)28-9-5-4-6-10-28/h4-6,9-14,16-18,22H,7-8,15,19-21H2,1-3H3,(H,30,33). The summed E-state index contributed by atoms with van der Waals surface area (Å²) in [7, 11) is -3.92. The summed E-state index contributed by atoms with van der Waals surface area (Å²) >= 11 is 0. The van der Waals surface area contributed by atoms with Gasteiger partial charge in [0.25, 0.3) is 10.0 Å². The van der Waals surface area contributed by atoms with E-state index < -0.39 is 10.0 Å². The highest BCUT2D eigenvalue weighted by Gasteiger charge is 2.27. The SMILES string of the molecule is Cc1cc(C)cc(N(CC(=O)NCc2ccc(N3CCCC(C)C3)cc2)S(=O)(=O)c2ccccc2)c1. The number of rotatable bonds is 8. The molecule has 0 saturated carbocycles. The molecule has 1 fully saturated rings. The van der Waals surface area contributed by atoms with Crippen molar-refractivity contribution in [3.63, 3.8) is 0 Å². The highest BCUT2D eigenvalue weighted by Crippen LogP contribution is 2.26. The minimum Gasteiger partial charge on any atom is -0.371 e. The van der Waals surface area contributed by atoms with Crippen LogP contribution in [-0.4, -0.2) is 34.0 Å². The first kappa shape index (κ1) is 25.8. The molecule has 0 bridgehead atoms. The molecule has 6 nitrogen and oxygen atoms in total. The molecule has 1 atom stereocenters. The van der Waals surface area contributed by atoms with Crippen LogP contribution in [0.15, 0.2) is 77.7 Å². The van der Waals surface area contributed by atoms with Crippen molar-refractivity contribution in [2.45, 2.75) is 45.1 Å². The van der Waals surface area contributed by atoms with Gasteiger partial charge in [0.15, 0.2) is 0 Å². The Labute approximate surface area is 215 Å². The maximum absolute atomic E-state index is 13.5. The van der Waals surface area contributed by atoms with Crippen molar-refractivity contribution in [1.82, 2.24) is 5.32 Å². The fourth-order valence-corrected chi connectivity index (χ4v) is 6.19. The molecule has 3 aromatic rings. The van der Waals surface area contributed by atoms with Gasteiger partial charge in [-0.05, 0) is 85.7 Å². The zero-order valence-electron chi connectivity index (χ0n) is 21.3. The van der Waals surface area contributed by atoms with Gasteiger partial charge in [-0.1, -0.05) is 43.3 Å². The smallest absolute Gasteiger partial charge is 0.264 e. The summed E-state index contributed by atoms with van der Waals surface area (Å²) in [6.45, 7) is 8.29. The molecule has 7 heteroatoms. The normalized spacial score (nSPS) is 16.0.